The van der Waals surface area contributed by atoms with Gasteiger partial charge in [-0.3, -0.25) is 9.52 Å². The fraction of sp³-hybridized carbons (Fsp3) is 0.0741. The van der Waals surface area contributed by atoms with Gasteiger partial charge in [0.15, 0.2) is 0 Å². The summed E-state index contributed by atoms with van der Waals surface area (Å²) in [5, 5.41) is 3.13. The van der Waals surface area contributed by atoms with Gasteiger partial charge in [0, 0.05) is 15.6 Å². The van der Waals surface area contributed by atoms with Crippen molar-refractivity contribution in [2.45, 2.75) is 22.0 Å². The van der Waals surface area contributed by atoms with Gasteiger partial charge in [-0.15, -0.1) is 11.8 Å². The minimum absolute atomic E-state index is 0.188. The van der Waals surface area contributed by atoms with E-state index in [0.29, 0.717) is 21.4 Å². The van der Waals surface area contributed by atoms with Crippen LogP contribution >= 0.6 is 35.0 Å². The lowest BCUT2D eigenvalue weighted by Crippen LogP contribution is -2.19. The first-order chi connectivity index (χ1) is 17.2. The Bertz CT molecular complexity index is 1460. The molecule has 2 N–H and O–H groups in total. The Hall–Kier alpha value is -2.97. The summed E-state index contributed by atoms with van der Waals surface area (Å²) in [6.45, 7) is 1.90. The highest BCUT2D eigenvalue weighted by atomic mass is 35.5. The van der Waals surface area contributed by atoms with Crippen LogP contribution in [0.5, 0.6) is 0 Å². The van der Waals surface area contributed by atoms with E-state index >= 15 is 0 Å². The highest BCUT2D eigenvalue weighted by Gasteiger charge is 2.23. The van der Waals surface area contributed by atoms with Crippen LogP contribution in [0, 0.1) is 6.92 Å². The van der Waals surface area contributed by atoms with Gasteiger partial charge in [-0.1, -0.05) is 71.2 Å². The van der Waals surface area contributed by atoms with E-state index in [1.54, 1.807) is 66.7 Å². The van der Waals surface area contributed by atoms with Crippen molar-refractivity contribution in [1.29, 1.82) is 0 Å². The first kappa shape index (κ1) is 26.1. The number of hydrogen-bond donors (Lipinski definition) is 2. The molecule has 0 spiro atoms. The number of amides is 1. The highest BCUT2D eigenvalue weighted by molar-refractivity contribution is 8.00. The Kier molecular flexibility index (Phi) is 8.26. The lowest BCUT2D eigenvalue weighted by molar-refractivity contribution is -0.115. The van der Waals surface area contributed by atoms with Crippen molar-refractivity contribution in [1.82, 2.24) is 0 Å². The van der Waals surface area contributed by atoms with E-state index in [-0.39, 0.29) is 10.8 Å². The third-order valence-electron chi connectivity index (χ3n) is 5.22. The maximum absolute atomic E-state index is 13.3. The third kappa shape index (κ3) is 6.62. The molecule has 0 aromatic heterocycles. The smallest absolute Gasteiger partial charge is 0.261 e. The largest absolute Gasteiger partial charge is 0.323 e. The maximum atomic E-state index is 13.3. The van der Waals surface area contributed by atoms with Crippen LogP contribution in [0.25, 0.3) is 0 Å². The van der Waals surface area contributed by atoms with Gasteiger partial charge in [0.1, 0.15) is 5.25 Å². The molecular weight excluding hydrogens is 535 g/mol. The molecule has 0 saturated carbocycles. The highest BCUT2D eigenvalue weighted by Crippen LogP contribution is 2.37. The molecule has 0 saturated heterocycles. The average Bonchev–Trinajstić information content (AvgIpc) is 2.86. The van der Waals surface area contributed by atoms with E-state index in [4.69, 9.17) is 23.2 Å². The molecule has 0 aliphatic heterocycles. The van der Waals surface area contributed by atoms with Crippen LogP contribution in [0.15, 0.2) is 107 Å². The number of hydrogen-bond acceptors (Lipinski definition) is 4. The molecule has 5 nitrogen and oxygen atoms in total. The van der Waals surface area contributed by atoms with Gasteiger partial charge in [-0.05, 0) is 67.1 Å². The zero-order chi connectivity index (χ0) is 25.7. The monoisotopic (exact) mass is 556 g/mol. The Labute approximate surface area is 224 Å². The standard InChI is InChI=1S/C27H22Cl2N2O3S2/c1-18-7-14-23(15-8-18)36(33,34)31-21-10-12-22(13-11-21)35-26(19-5-3-2-4-6-19)27(32)30-25-16-9-20(28)17-24(25)29/h2-17,26,31H,1H3,(H,30,32). The number of aryl methyl sites for hydroxylation is 1. The number of carbonyl (C=O) groups excluding carboxylic acids is 1. The minimum Gasteiger partial charge on any atom is -0.323 e. The van der Waals surface area contributed by atoms with E-state index in [2.05, 4.69) is 10.0 Å². The number of benzene rings is 4. The Morgan fingerprint density at radius 2 is 1.53 bits per heavy atom. The average molecular weight is 558 g/mol. The van der Waals surface area contributed by atoms with Crippen molar-refractivity contribution in [3.05, 3.63) is 118 Å². The fourth-order valence-electron chi connectivity index (χ4n) is 3.36. The molecule has 4 aromatic carbocycles. The van der Waals surface area contributed by atoms with Crippen molar-refractivity contribution < 1.29 is 13.2 Å². The Balaban J connectivity index is 1.52. The molecule has 184 valence electrons. The minimum atomic E-state index is -3.71. The van der Waals surface area contributed by atoms with Crippen molar-refractivity contribution in [2.75, 3.05) is 10.0 Å². The van der Waals surface area contributed by atoms with E-state index in [0.717, 1.165) is 16.0 Å². The predicted molar refractivity (Wildman–Crippen MR) is 149 cm³/mol. The molecule has 9 heteroatoms. The van der Waals surface area contributed by atoms with Gasteiger partial charge in [0.25, 0.3) is 10.0 Å². The molecule has 0 fully saturated rings. The topological polar surface area (TPSA) is 75.3 Å². The first-order valence-corrected chi connectivity index (χ1v) is 14.0. The Morgan fingerprint density at radius 1 is 0.861 bits per heavy atom. The lowest BCUT2D eigenvalue weighted by atomic mass is 10.1. The normalized spacial score (nSPS) is 12.1. The summed E-state index contributed by atoms with van der Waals surface area (Å²) < 4.78 is 28.0. The molecular formula is C27H22Cl2N2O3S2. The molecule has 1 amide bonds. The molecule has 0 aliphatic carbocycles. The van der Waals surface area contributed by atoms with Gasteiger partial charge in [-0.2, -0.15) is 0 Å². The summed E-state index contributed by atoms with van der Waals surface area (Å²) in [6, 6.07) is 27.8. The second-order valence-corrected chi connectivity index (χ2v) is 11.7. The number of nitrogens with one attached hydrogen (secondary N) is 2. The molecule has 0 radical (unpaired) electrons. The molecule has 1 unspecified atom stereocenters. The van der Waals surface area contributed by atoms with Gasteiger partial charge in [0.2, 0.25) is 5.91 Å². The molecule has 36 heavy (non-hydrogen) atoms. The summed E-state index contributed by atoms with van der Waals surface area (Å²) in [5.41, 5.74) is 2.68. The number of thioether (sulfide) groups is 1. The molecule has 0 aliphatic rings. The number of halogens is 2. The molecule has 4 aromatic rings. The van der Waals surface area contributed by atoms with Gasteiger partial charge in [-0.25, -0.2) is 8.42 Å². The molecule has 0 heterocycles. The Morgan fingerprint density at radius 3 is 2.17 bits per heavy atom. The van der Waals surface area contributed by atoms with Crippen molar-refractivity contribution >= 4 is 62.3 Å². The van der Waals surface area contributed by atoms with Crippen LogP contribution in [-0.2, 0) is 14.8 Å². The van der Waals surface area contributed by atoms with E-state index in [1.165, 1.54) is 11.8 Å². The van der Waals surface area contributed by atoms with Gasteiger partial charge < -0.3 is 5.32 Å². The predicted octanol–water partition coefficient (Wildman–Crippen LogP) is 7.57. The van der Waals surface area contributed by atoms with Gasteiger partial charge >= 0.3 is 0 Å². The third-order valence-corrected chi connectivity index (χ3v) is 8.43. The van der Waals surface area contributed by atoms with E-state index in [1.807, 2.05) is 37.3 Å². The van der Waals surface area contributed by atoms with Crippen molar-refractivity contribution in [2.24, 2.45) is 0 Å². The number of sulfonamides is 1. The van der Waals surface area contributed by atoms with Crippen molar-refractivity contribution in [3.63, 3.8) is 0 Å². The molecule has 4 rings (SSSR count). The van der Waals surface area contributed by atoms with E-state index in [9.17, 15) is 13.2 Å². The van der Waals surface area contributed by atoms with Crippen LogP contribution in [0.3, 0.4) is 0 Å². The van der Waals surface area contributed by atoms with Crippen LogP contribution in [0.2, 0.25) is 10.0 Å². The van der Waals surface area contributed by atoms with Gasteiger partial charge in [0.05, 0.1) is 15.6 Å². The lowest BCUT2D eigenvalue weighted by Gasteiger charge is -2.18. The number of carbonyl (C=O) groups is 1. The number of anilines is 2. The number of rotatable bonds is 8. The fourth-order valence-corrected chi connectivity index (χ4v) is 5.90. The van der Waals surface area contributed by atoms with Crippen LogP contribution < -0.4 is 10.0 Å². The van der Waals surface area contributed by atoms with Crippen LogP contribution in [0.1, 0.15) is 16.4 Å². The summed E-state index contributed by atoms with van der Waals surface area (Å²) in [5.74, 6) is -0.250. The first-order valence-electron chi connectivity index (χ1n) is 10.9. The quantitative estimate of drug-likeness (QED) is 0.219. The summed E-state index contributed by atoms with van der Waals surface area (Å²) in [6.07, 6.45) is 0. The van der Waals surface area contributed by atoms with E-state index < -0.39 is 15.3 Å². The SMILES string of the molecule is Cc1ccc(S(=O)(=O)Nc2ccc(SC(C(=O)Nc3ccc(Cl)cc3Cl)c3ccccc3)cc2)cc1. The molecule has 0 bridgehead atoms. The summed E-state index contributed by atoms with van der Waals surface area (Å²) in [7, 11) is -3.71. The summed E-state index contributed by atoms with van der Waals surface area (Å²) in [4.78, 5) is 14.3. The maximum Gasteiger partial charge on any atom is 0.261 e. The zero-order valence-electron chi connectivity index (χ0n) is 19.1. The second-order valence-electron chi connectivity index (χ2n) is 7.96. The second kappa shape index (κ2) is 11.4. The molecule has 1 atom stereocenters. The summed E-state index contributed by atoms with van der Waals surface area (Å²) >= 11 is 13.6. The van der Waals surface area contributed by atoms with Crippen molar-refractivity contribution in [3.8, 4) is 0 Å². The zero-order valence-corrected chi connectivity index (χ0v) is 22.3. The van der Waals surface area contributed by atoms with Crippen LogP contribution in [0.4, 0.5) is 11.4 Å². The van der Waals surface area contributed by atoms with Crippen LogP contribution in [-0.4, -0.2) is 14.3 Å².